The van der Waals surface area contributed by atoms with Crippen molar-refractivity contribution >= 4 is 104 Å². The maximum absolute atomic E-state index is 14.5. The van der Waals surface area contributed by atoms with Gasteiger partial charge in [0.05, 0.1) is 20.1 Å². The molecule has 3 aromatic carbocycles. The number of hydrogen-bond donors (Lipinski definition) is 0. The second-order valence-electron chi connectivity index (χ2n) is 21.5. The number of Topliss-reactive ketones (excluding diaryl/α,β-unsaturated/α-hetero) is 2. The van der Waals surface area contributed by atoms with Gasteiger partial charge in [0.2, 0.25) is 0 Å². The maximum Gasteiger partial charge on any atom is 0.194 e. The summed E-state index contributed by atoms with van der Waals surface area (Å²) in [4.78, 5) is 33.1. The highest BCUT2D eigenvalue weighted by molar-refractivity contribution is 7.17. The number of rotatable bonds is 22. The van der Waals surface area contributed by atoms with Gasteiger partial charge in [-0.2, -0.15) is 21.0 Å². The smallest absolute Gasteiger partial charge is 0.194 e. The number of halogens is 4. The van der Waals surface area contributed by atoms with Gasteiger partial charge < -0.3 is 0 Å². The third-order valence-corrected chi connectivity index (χ3v) is 20.4. The molecule has 0 radical (unpaired) electrons. The van der Waals surface area contributed by atoms with Crippen LogP contribution in [0.15, 0.2) is 70.8 Å². The highest BCUT2D eigenvalue weighted by atomic mass is 35.5. The molecule has 0 unspecified atom stereocenters. The Labute approximate surface area is 488 Å². The summed E-state index contributed by atoms with van der Waals surface area (Å²) < 4.78 is 0. The molecule has 2 heterocycles. The van der Waals surface area contributed by atoms with Crippen molar-refractivity contribution in [2.45, 2.75) is 167 Å². The first-order valence-corrected chi connectivity index (χ1v) is 31.0. The molecule has 0 spiro atoms. The Morgan fingerprint density at radius 2 is 0.731 bits per heavy atom. The van der Waals surface area contributed by atoms with Crippen molar-refractivity contribution in [1.82, 2.24) is 0 Å². The zero-order valence-electron chi connectivity index (χ0n) is 44.8. The highest BCUT2D eigenvalue weighted by Gasteiger charge is 2.50. The largest absolute Gasteiger partial charge is 0.289 e. The van der Waals surface area contributed by atoms with Crippen LogP contribution in [-0.2, 0) is 10.8 Å². The Balaban J connectivity index is 1.28. The topological polar surface area (TPSA) is 129 Å². The number of unbranched alkanes of at least 4 members (excludes halogenated alkanes) is 12. The van der Waals surface area contributed by atoms with Gasteiger partial charge in [0.15, 0.2) is 11.6 Å². The standard InChI is InChI=1S/C66H62Cl4N4O2S2/c1-5-9-13-17-21-65(22-18-14-10-6-2)51-29-48-52(30-47(51)63-53(65)27-41(77-63)25-49-59(39(35-71)36-72)43-31-55(67)57(69)33-45(43)61(49)75)66(23-19-15-11-7-3,24-20-16-12-8-4)54-28-42(78-64(48)54)26-50-60(40(37-73)38-74)44-32-56(68)58(70)34-46(44)62(50)76/h25-34H,5-24H2,1-4H3/b49-25-,50-26-. The van der Waals surface area contributed by atoms with Gasteiger partial charge in [-0.1, -0.05) is 177 Å². The Kier molecular flexibility index (Phi) is 17.9. The van der Waals surface area contributed by atoms with Gasteiger partial charge in [-0.3, -0.25) is 9.59 Å². The minimum absolute atomic E-state index is 0.153. The molecule has 78 heavy (non-hydrogen) atoms. The molecule has 0 saturated carbocycles. The molecule has 0 atom stereocenters. The minimum Gasteiger partial charge on any atom is -0.289 e. The number of fused-ring (bicyclic) bond motifs is 8. The zero-order chi connectivity index (χ0) is 55.5. The number of hydrogen-bond acceptors (Lipinski definition) is 8. The van der Waals surface area contributed by atoms with Crippen LogP contribution in [0.3, 0.4) is 0 Å². The number of carbonyl (C=O) groups is 2. The average molecular weight is 1150 g/mol. The first kappa shape index (κ1) is 57.2. The lowest BCUT2D eigenvalue weighted by molar-refractivity contribution is 0.103. The van der Waals surface area contributed by atoms with E-state index in [1.54, 1.807) is 46.9 Å². The van der Waals surface area contributed by atoms with Gasteiger partial charge in [-0.05, 0) is 131 Å². The van der Waals surface area contributed by atoms with Crippen LogP contribution >= 0.6 is 69.1 Å². The molecule has 12 heteroatoms. The first-order chi connectivity index (χ1) is 37.8. The number of nitrogens with zero attached hydrogens (tertiary/aromatic N) is 4. The third kappa shape index (κ3) is 10.2. The van der Waals surface area contributed by atoms with Crippen molar-refractivity contribution < 1.29 is 9.59 Å². The van der Waals surface area contributed by atoms with E-state index in [1.165, 1.54) is 43.1 Å². The van der Waals surface area contributed by atoms with Crippen LogP contribution in [0.5, 0.6) is 0 Å². The summed E-state index contributed by atoms with van der Waals surface area (Å²) in [6.45, 7) is 8.99. The van der Waals surface area contributed by atoms with E-state index in [4.69, 9.17) is 46.4 Å². The Morgan fingerprint density at radius 3 is 1.03 bits per heavy atom. The molecule has 5 aromatic rings. The van der Waals surface area contributed by atoms with E-state index in [2.05, 4.69) is 76.2 Å². The molecule has 0 bridgehead atoms. The molecular formula is C66H62Cl4N4O2S2. The van der Waals surface area contributed by atoms with Crippen molar-refractivity contribution in [1.29, 1.82) is 21.0 Å². The molecule has 9 rings (SSSR count). The van der Waals surface area contributed by atoms with Crippen LogP contribution < -0.4 is 0 Å². The number of allylic oxidation sites excluding steroid dienone is 6. The minimum atomic E-state index is -0.327. The van der Waals surface area contributed by atoms with Gasteiger partial charge in [-0.25, -0.2) is 0 Å². The van der Waals surface area contributed by atoms with E-state index >= 15 is 0 Å². The molecule has 0 saturated heterocycles. The fraction of sp³-hybridized carbons (Fsp3) is 0.394. The predicted octanol–water partition coefficient (Wildman–Crippen LogP) is 21.0. The van der Waals surface area contributed by atoms with Gasteiger partial charge >= 0.3 is 0 Å². The zero-order valence-corrected chi connectivity index (χ0v) is 49.5. The maximum atomic E-state index is 14.5. The van der Waals surface area contributed by atoms with Crippen molar-refractivity contribution in [3.8, 4) is 45.2 Å². The normalized spacial score (nSPS) is 15.9. The molecular weight excluding hydrogens is 1090 g/mol. The van der Waals surface area contributed by atoms with E-state index in [-0.39, 0.29) is 75.9 Å². The van der Waals surface area contributed by atoms with Crippen LogP contribution in [0.4, 0.5) is 0 Å². The summed E-state index contributed by atoms with van der Waals surface area (Å²) in [6, 6.07) is 24.2. The second kappa shape index (κ2) is 24.5. The summed E-state index contributed by atoms with van der Waals surface area (Å²) in [6.07, 6.45) is 25.3. The summed E-state index contributed by atoms with van der Waals surface area (Å²) in [5, 5.41) is 42.0. The lowest BCUT2D eigenvalue weighted by Crippen LogP contribution is -2.27. The first-order valence-electron chi connectivity index (χ1n) is 27.9. The van der Waals surface area contributed by atoms with E-state index in [9.17, 15) is 30.6 Å². The SMILES string of the molecule is CCCCCCC1(CCCCCC)c2cc3c(cc2-c2sc(/C=C4\C(=O)c5cc(Cl)c(Cl)cc5C4=C(C#N)C#N)cc21)C(CCCCCC)(CCCCCC)c1cc(/C=C2\C(=O)c4cc(Cl)c(Cl)cc4C2=C(C#N)C#N)sc1-3. The number of carbonyl (C=O) groups excluding carboxylic acids is 2. The summed E-state index contributed by atoms with van der Waals surface area (Å²) in [5.74, 6) is -0.594. The molecule has 0 aliphatic heterocycles. The fourth-order valence-electron chi connectivity index (χ4n) is 12.9. The van der Waals surface area contributed by atoms with Crippen molar-refractivity contribution in [2.24, 2.45) is 0 Å². The van der Waals surface area contributed by atoms with Crippen LogP contribution in [0, 0.1) is 45.3 Å². The van der Waals surface area contributed by atoms with Gasteiger partial charge in [0.1, 0.15) is 35.4 Å². The average Bonchev–Trinajstić information content (AvgIpc) is 4.46. The van der Waals surface area contributed by atoms with E-state index < -0.39 is 0 Å². The van der Waals surface area contributed by atoms with Crippen LogP contribution in [-0.4, -0.2) is 11.6 Å². The number of thiophene rings is 2. The lowest BCUT2D eigenvalue weighted by atomic mass is 9.68. The van der Waals surface area contributed by atoms with Crippen LogP contribution in [0.2, 0.25) is 20.1 Å². The van der Waals surface area contributed by atoms with Crippen molar-refractivity contribution in [2.75, 3.05) is 0 Å². The second-order valence-corrected chi connectivity index (χ2v) is 25.3. The Bertz CT molecular complexity index is 3290. The van der Waals surface area contributed by atoms with Crippen molar-refractivity contribution in [3.63, 3.8) is 0 Å². The lowest BCUT2D eigenvalue weighted by Gasteiger charge is -2.34. The highest BCUT2D eigenvalue weighted by Crippen LogP contribution is 2.64. The van der Waals surface area contributed by atoms with Gasteiger partial charge in [0.25, 0.3) is 0 Å². The number of nitriles is 4. The molecule has 0 amide bonds. The van der Waals surface area contributed by atoms with Gasteiger partial charge in [0, 0.05) is 63.8 Å². The molecule has 398 valence electrons. The van der Waals surface area contributed by atoms with Crippen LogP contribution in [0.1, 0.15) is 220 Å². The molecule has 6 nitrogen and oxygen atoms in total. The van der Waals surface area contributed by atoms with E-state index in [1.807, 2.05) is 12.2 Å². The Morgan fingerprint density at radius 1 is 0.423 bits per heavy atom. The number of benzene rings is 3. The van der Waals surface area contributed by atoms with Gasteiger partial charge in [-0.15, -0.1) is 22.7 Å². The van der Waals surface area contributed by atoms with E-state index in [0.717, 1.165) is 138 Å². The van der Waals surface area contributed by atoms with Crippen LogP contribution in [0.25, 0.3) is 44.2 Å². The summed E-state index contributed by atoms with van der Waals surface area (Å²) >= 11 is 29.4. The monoisotopic (exact) mass is 1150 g/mol. The molecule has 4 aliphatic rings. The predicted molar refractivity (Wildman–Crippen MR) is 323 cm³/mol. The number of ketones is 2. The summed E-state index contributed by atoms with van der Waals surface area (Å²) in [5.41, 5.74) is 9.46. The fourth-order valence-corrected chi connectivity index (χ4v) is 16.1. The molecule has 4 aliphatic carbocycles. The van der Waals surface area contributed by atoms with Crippen molar-refractivity contribution in [3.05, 3.63) is 145 Å². The quantitative estimate of drug-likeness (QED) is 0.0385. The molecule has 0 fully saturated rings. The Hall–Kier alpha value is -5.52. The molecule has 2 aromatic heterocycles. The third-order valence-electron chi connectivity index (χ3n) is 16.7. The summed E-state index contributed by atoms with van der Waals surface area (Å²) in [7, 11) is 0. The van der Waals surface area contributed by atoms with E-state index in [0.29, 0.717) is 22.3 Å². The molecule has 0 N–H and O–H groups in total.